The van der Waals surface area contributed by atoms with Crippen molar-refractivity contribution in [1.29, 1.82) is 0 Å². The number of fused-ring (bicyclic) bond motifs is 1. The minimum atomic E-state index is 0.625. The van der Waals surface area contributed by atoms with Gasteiger partial charge in [0.15, 0.2) is 11.5 Å². The number of benzene rings is 1. The largest absolute Gasteiger partial charge is 0.486 e. The molecule has 0 radical (unpaired) electrons. The fourth-order valence-electron chi connectivity index (χ4n) is 2.50. The van der Waals surface area contributed by atoms with E-state index in [1.165, 1.54) is 0 Å². The third kappa shape index (κ3) is 3.62. The first-order chi connectivity index (χ1) is 9.92. The quantitative estimate of drug-likeness (QED) is 0.810. The molecule has 2 aliphatic rings. The molecule has 1 aromatic carbocycles. The van der Waals surface area contributed by atoms with Gasteiger partial charge in [0.25, 0.3) is 0 Å². The molecule has 1 aromatic rings. The van der Waals surface area contributed by atoms with Gasteiger partial charge in [-0.05, 0) is 17.7 Å². The van der Waals surface area contributed by atoms with Crippen molar-refractivity contribution in [2.24, 2.45) is 0 Å². The van der Waals surface area contributed by atoms with Crippen molar-refractivity contribution in [1.82, 2.24) is 10.2 Å². The lowest BCUT2D eigenvalue weighted by atomic mass is 10.2. The molecular formula is C15H22N2O3. The Hall–Kier alpha value is -1.30. The summed E-state index contributed by atoms with van der Waals surface area (Å²) in [5.74, 6) is 1.67. The van der Waals surface area contributed by atoms with Crippen LogP contribution in [0.2, 0.25) is 0 Å². The lowest BCUT2D eigenvalue weighted by Gasteiger charge is -2.26. The Kier molecular flexibility index (Phi) is 4.73. The molecule has 5 nitrogen and oxygen atoms in total. The SMILES string of the molecule is c1cc2c(cc1COCCN1CCNCC1)OCCO2. The molecule has 0 amide bonds. The minimum Gasteiger partial charge on any atom is -0.486 e. The summed E-state index contributed by atoms with van der Waals surface area (Å²) in [7, 11) is 0. The van der Waals surface area contributed by atoms with Gasteiger partial charge < -0.3 is 19.5 Å². The van der Waals surface area contributed by atoms with E-state index in [-0.39, 0.29) is 0 Å². The molecule has 0 saturated carbocycles. The van der Waals surface area contributed by atoms with E-state index in [4.69, 9.17) is 14.2 Å². The summed E-state index contributed by atoms with van der Waals surface area (Å²) in [4.78, 5) is 2.43. The maximum Gasteiger partial charge on any atom is 0.161 e. The number of rotatable bonds is 5. The summed E-state index contributed by atoms with van der Waals surface area (Å²) < 4.78 is 16.8. The number of hydrogen-bond donors (Lipinski definition) is 1. The van der Waals surface area contributed by atoms with E-state index in [9.17, 15) is 0 Å². The highest BCUT2D eigenvalue weighted by molar-refractivity contribution is 5.43. The van der Waals surface area contributed by atoms with E-state index in [2.05, 4.69) is 10.2 Å². The number of nitrogens with zero attached hydrogens (tertiary/aromatic N) is 1. The summed E-state index contributed by atoms with van der Waals surface area (Å²) in [6.07, 6.45) is 0. The van der Waals surface area contributed by atoms with Crippen molar-refractivity contribution in [2.45, 2.75) is 6.61 Å². The average Bonchev–Trinajstić information content (AvgIpc) is 2.52. The van der Waals surface area contributed by atoms with Crippen molar-refractivity contribution < 1.29 is 14.2 Å². The van der Waals surface area contributed by atoms with Crippen LogP contribution in [0.3, 0.4) is 0 Å². The normalized spacial score (nSPS) is 19.0. The van der Waals surface area contributed by atoms with Gasteiger partial charge in [0.1, 0.15) is 13.2 Å². The second-order valence-corrected chi connectivity index (χ2v) is 5.12. The molecule has 2 aliphatic heterocycles. The maximum atomic E-state index is 5.76. The molecule has 0 bridgehead atoms. The van der Waals surface area contributed by atoms with E-state index < -0.39 is 0 Å². The van der Waals surface area contributed by atoms with E-state index in [0.717, 1.165) is 56.4 Å². The molecule has 1 fully saturated rings. The zero-order valence-corrected chi connectivity index (χ0v) is 11.8. The van der Waals surface area contributed by atoms with Crippen molar-refractivity contribution >= 4 is 0 Å². The Morgan fingerprint density at radius 2 is 1.90 bits per heavy atom. The van der Waals surface area contributed by atoms with E-state index >= 15 is 0 Å². The lowest BCUT2D eigenvalue weighted by molar-refractivity contribution is 0.0882. The summed E-state index contributed by atoms with van der Waals surface area (Å²) in [5, 5.41) is 3.35. The summed E-state index contributed by atoms with van der Waals surface area (Å²) in [5.41, 5.74) is 1.13. The average molecular weight is 278 g/mol. The Labute approximate surface area is 119 Å². The predicted molar refractivity (Wildman–Crippen MR) is 76.4 cm³/mol. The molecule has 5 heteroatoms. The number of nitrogens with one attached hydrogen (secondary N) is 1. The molecule has 0 unspecified atom stereocenters. The predicted octanol–water partition coefficient (Wildman–Crippen LogP) is 0.880. The summed E-state index contributed by atoms with van der Waals surface area (Å²) in [6.45, 7) is 8.07. The zero-order chi connectivity index (χ0) is 13.6. The Balaban J connectivity index is 1.41. The third-order valence-electron chi connectivity index (χ3n) is 3.64. The van der Waals surface area contributed by atoms with Crippen LogP contribution < -0.4 is 14.8 Å². The van der Waals surface area contributed by atoms with Crippen LogP contribution in [0.15, 0.2) is 18.2 Å². The molecule has 20 heavy (non-hydrogen) atoms. The van der Waals surface area contributed by atoms with Crippen LogP contribution in [0, 0.1) is 0 Å². The van der Waals surface area contributed by atoms with Gasteiger partial charge in [-0.25, -0.2) is 0 Å². The zero-order valence-electron chi connectivity index (χ0n) is 11.8. The van der Waals surface area contributed by atoms with Gasteiger partial charge in [-0.15, -0.1) is 0 Å². The highest BCUT2D eigenvalue weighted by atomic mass is 16.6. The first kappa shape index (κ1) is 13.7. The maximum absolute atomic E-state index is 5.76. The highest BCUT2D eigenvalue weighted by Gasteiger charge is 2.12. The molecular weight excluding hydrogens is 256 g/mol. The van der Waals surface area contributed by atoms with Gasteiger partial charge in [0.2, 0.25) is 0 Å². The fourth-order valence-corrected chi connectivity index (χ4v) is 2.50. The van der Waals surface area contributed by atoms with Crippen molar-refractivity contribution in [2.75, 3.05) is 52.5 Å². The Morgan fingerprint density at radius 1 is 1.10 bits per heavy atom. The van der Waals surface area contributed by atoms with Gasteiger partial charge in [-0.1, -0.05) is 6.07 Å². The monoisotopic (exact) mass is 278 g/mol. The van der Waals surface area contributed by atoms with Crippen LogP contribution in [0.25, 0.3) is 0 Å². The van der Waals surface area contributed by atoms with Gasteiger partial charge in [0, 0.05) is 32.7 Å². The van der Waals surface area contributed by atoms with Gasteiger partial charge >= 0.3 is 0 Å². The van der Waals surface area contributed by atoms with Crippen molar-refractivity contribution in [3.8, 4) is 11.5 Å². The smallest absolute Gasteiger partial charge is 0.161 e. The van der Waals surface area contributed by atoms with Crippen molar-refractivity contribution in [3.05, 3.63) is 23.8 Å². The van der Waals surface area contributed by atoms with Crippen LogP contribution in [0.1, 0.15) is 5.56 Å². The summed E-state index contributed by atoms with van der Waals surface area (Å²) >= 11 is 0. The Morgan fingerprint density at radius 3 is 2.75 bits per heavy atom. The molecule has 2 heterocycles. The molecule has 110 valence electrons. The third-order valence-corrected chi connectivity index (χ3v) is 3.64. The molecule has 1 saturated heterocycles. The van der Waals surface area contributed by atoms with E-state index in [1.54, 1.807) is 0 Å². The van der Waals surface area contributed by atoms with Crippen LogP contribution in [-0.2, 0) is 11.3 Å². The molecule has 3 rings (SSSR count). The van der Waals surface area contributed by atoms with E-state index in [0.29, 0.717) is 19.8 Å². The first-order valence-electron chi connectivity index (χ1n) is 7.31. The molecule has 0 aromatic heterocycles. The number of ether oxygens (including phenoxy) is 3. The van der Waals surface area contributed by atoms with E-state index in [1.807, 2.05) is 18.2 Å². The van der Waals surface area contributed by atoms with Crippen LogP contribution in [0.4, 0.5) is 0 Å². The number of piperazine rings is 1. The topological polar surface area (TPSA) is 43.0 Å². The Bertz CT molecular complexity index is 433. The second kappa shape index (κ2) is 6.92. The van der Waals surface area contributed by atoms with Crippen LogP contribution >= 0.6 is 0 Å². The van der Waals surface area contributed by atoms with Gasteiger partial charge in [-0.2, -0.15) is 0 Å². The van der Waals surface area contributed by atoms with Crippen molar-refractivity contribution in [3.63, 3.8) is 0 Å². The standard InChI is InChI=1S/C15H22N2O3/c1-2-14-15(20-10-9-19-14)11-13(1)12-18-8-7-17-5-3-16-4-6-17/h1-2,11,16H,3-10,12H2. The summed E-state index contributed by atoms with van der Waals surface area (Å²) in [6, 6.07) is 6.02. The molecule has 0 aliphatic carbocycles. The molecule has 0 spiro atoms. The minimum absolute atomic E-state index is 0.625. The van der Waals surface area contributed by atoms with Gasteiger partial charge in [0.05, 0.1) is 13.2 Å². The molecule has 0 atom stereocenters. The first-order valence-corrected chi connectivity index (χ1v) is 7.31. The second-order valence-electron chi connectivity index (χ2n) is 5.12. The molecule has 1 N–H and O–H groups in total. The number of hydrogen-bond acceptors (Lipinski definition) is 5. The van der Waals surface area contributed by atoms with Gasteiger partial charge in [-0.3, -0.25) is 4.90 Å². The lowest BCUT2D eigenvalue weighted by Crippen LogP contribution is -2.44. The van der Waals surface area contributed by atoms with Crippen LogP contribution in [-0.4, -0.2) is 57.4 Å². The van der Waals surface area contributed by atoms with Crippen LogP contribution in [0.5, 0.6) is 11.5 Å². The highest BCUT2D eigenvalue weighted by Crippen LogP contribution is 2.30. The fraction of sp³-hybridized carbons (Fsp3) is 0.600.